The van der Waals surface area contributed by atoms with E-state index in [9.17, 15) is 19.2 Å². The van der Waals surface area contributed by atoms with Crippen molar-refractivity contribution in [2.45, 2.75) is 103 Å². The Morgan fingerprint density at radius 1 is 1.08 bits per heavy atom. The van der Waals surface area contributed by atoms with Gasteiger partial charge < -0.3 is 39.0 Å². The van der Waals surface area contributed by atoms with Crippen LogP contribution in [0.3, 0.4) is 0 Å². The van der Waals surface area contributed by atoms with Gasteiger partial charge in [0.2, 0.25) is 11.8 Å². The van der Waals surface area contributed by atoms with Crippen LogP contribution < -0.4 is 19.9 Å². The average Bonchev–Trinajstić information content (AvgIpc) is 3.87. The summed E-state index contributed by atoms with van der Waals surface area (Å²) in [7, 11) is 1.63. The number of nitrogens with one attached hydrogen (secondary N) is 1. The van der Waals surface area contributed by atoms with Gasteiger partial charge >= 0.3 is 6.09 Å². The first-order valence-electron chi connectivity index (χ1n) is 18.7. The van der Waals surface area contributed by atoms with Gasteiger partial charge in [-0.3, -0.25) is 14.4 Å². The lowest BCUT2D eigenvalue weighted by molar-refractivity contribution is -0.133. The Hall–Kier alpha value is -4.16. The molecule has 2 aromatic rings. The smallest absolute Gasteiger partial charge is 0.410 e. The van der Waals surface area contributed by atoms with Crippen LogP contribution in [0.2, 0.25) is 0 Å². The minimum absolute atomic E-state index is 0. The average molecular weight is 721 g/mol. The summed E-state index contributed by atoms with van der Waals surface area (Å²) in [6.07, 6.45) is 2.49. The van der Waals surface area contributed by atoms with Crippen LogP contribution in [-0.2, 0) is 35.0 Å². The van der Waals surface area contributed by atoms with E-state index in [1.807, 2.05) is 43.3 Å². The molecule has 2 fully saturated rings. The molecular formula is C40H56N4O8. The number of ether oxygens (including phenoxy) is 4. The Labute approximate surface area is 308 Å². The van der Waals surface area contributed by atoms with Crippen LogP contribution in [0.5, 0.6) is 5.75 Å². The number of hydrogen-bond donors (Lipinski definition) is 1. The molecule has 6 rings (SSSR count). The lowest BCUT2D eigenvalue weighted by Gasteiger charge is -2.40. The molecule has 0 aromatic heterocycles. The van der Waals surface area contributed by atoms with Crippen molar-refractivity contribution in [3.63, 3.8) is 0 Å². The molecule has 1 N–H and O–H groups in total. The highest BCUT2D eigenvalue weighted by molar-refractivity contribution is 6.04. The summed E-state index contributed by atoms with van der Waals surface area (Å²) in [5.41, 5.74) is 1.62. The highest BCUT2D eigenvalue weighted by Gasteiger charge is 2.46. The minimum atomic E-state index is -1.04. The van der Waals surface area contributed by atoms with Crippen molar-refractivity contribution in [3.05, 3.63) is 53.6 Å². The van der Waals surface area contributed by atoms with E-state index in [1.165, 1.54) is 4.90 Å². The number of rotatable bonds is 11. The van der Waals surface area contributed by atoms with Gasteiger partial charge in [0.15, 0.2) is 5.60 Å². The maximum absolute atomic E-state index is 14.7. The van der Waals surface area contributed by atoms with Crippen molar-refractivity contribution >= 4 is 35.2 Å². The summed E-state index contributed by atoms with van der Waals surface area (Å²) in [4.78, 5) is 61.0. The number of benzene rings is 2. The molecule has 0 radical (unpaired) electrons. The van der Waals surface area contributed by atoms with E-state index in [4.69, 9.17) is 18.9 Å². The van der Waals surface area contributed by atoms with Gasteiger partial charge in [-0.2, -0.15) is 0 Å². The normalized spacial score (nSPS) is 23.7. The quantitative estimate of drug-likeness (QED) is 0.295. The van der Waals surface area contributed by atoms with Crippen LogP contribution in [0, 0.1) is 11.8 Å². The summed E-state index contributed by atoms with van der Waals surface area (Å²) in [5, 5.41) is 3.25. The third kappa shape index (κ3) is 8.07. The summed E-state index contributed by atoms with van der Waals surface area (Å²) < 4.78 is 23.2. The molecule has 4 aliphatic rings. The summed E-state index contributed by atoms with van der Waals surface area (Å²) >= 11 is 0. The van der Waals surface area contributed by atoms with Crippen LogP contribution in [0.1, 0.15) is 85.8 Å². The first kappa shape index (κ1) is 37.6. The fourth-order valence-corrected chi connectivity index (χ4v) is 7.66. The number of likely N-dealkylation sites (tertiary alicyclic amines) is 1. The Morgan fingerprint density at radius 3 is 2.50 bits per heavy atom. The second kappa shape index (κ2) is 15.1. The Bertz CT molecular complexity index is 1670. The standard InChI is InChI=1S/C40H54N4O8.H2/c1-8-50-33-21-25-12-9-10-13-30(25)34(33)41-35(45)26-20-27(24-42(23-26)38(48)52-39(2,3)4)36(46)44(28-14-15-28)29-16-17-32-31(22-29)43(18-11-19-49-7)37(47)40(5,6)51-32;/h9-10,12-13,16-17,22,26-28,33-34H,8,11,14-15,18-21,23-24H2,1-7H3,(H,41,45);1H/t26-,27+,33+,34-;/m0./s1. The molecule has 0 spiro atoms. The molecule has 0 unspecified atom stereocenters. The molecule has 52 heavy (non-hydrogen) atoms. The molecule has 284 valence electrons. The molecule has 12 nitrogen and oxygen atoms in total. The number of carbonyl (C=O) groups is 4. The first-order chi connectivity index (χ1) is 24.7. The van der Waals surface area contributed by atoms with Gasteiger partial charge in [-0.05, 0) is 96.6 Å². The molecule has 2 heterocycles. The first-order valence-corrected chi connectivity index (χ1v) is 18.7. The minimum Gasteiger partial charge on any atom is -0.476 e. The monoisotopic (exact) mass is 720 g/mol. The molecule has 1 saturated heterocycles. The van der Waals surface area contributed by atoms with Gasteiger partial charge in [0.25, 0.3) is 5.91 Å². The van der Waals surface area contributed by atoms with E-state index in [2.05, 4.69) is 11.4 Å². The number of nitrogens with zero attached hydrogens (tertiary/aromatic N) is 3. The second-order valence-electron chi connectivity index (χ2n) is 15.9. The summed E-state index contributed by atoms with van der Waals surface area (Å²) in [6.45, 7) is 12.5. The third-order valence-electron chi connectivity index (χ3n) is 10.2. The van der Waals surface area contributed by atoms with Crippen molar-refractivity contribution in [1.29, 1.82) is 0 Å². The molecule has 2 aliphatic carbocycles. The van der Waals surface area contributed by atoms with E-state index < -0.39 is 29.1 Å². The summed E-state index contributed by atoms with van der Waals surface area (Å²) in [6, 6.07) is 13.2. The molecular weight excluding hydrogens is 664 g/mol. The van der Waals surface area contributed by atoms with E-state index in [1.54, 1.807) is 51.5 Å². The van der Waals surface area contributed by atoms with Gasteiger partial charge in [-0.25, -0.2) is 4.79 Å². The Morgan fingerprint density at radius 2 is 1.81 bits per heavy atom. The number of methoxy groups -OCH3 is 1. The van der Waals surface area contributed by atoms with Crippen molar-refractivity contribution in [2.75, 3.05) is 49.8 Å². The molecule has 1 saturated carbocycles. The molecule has 4 atom stereocenters. The zero-order valence-electron chi connectivity index (χ0n) is 31.6. The number of carbonyl (C=O) groups excluding carboxylic acids is 4. The van der Waals surface area contributed by atoms with Gasteiger partial charge in [-0.1, -0.05) is 24.3 Å². The number of hydrogen-bond acceptors (Lipinski definition) is 8. The van der Waals surface area contributed by atoms with Gasteiger partial charge in [0.05, 0.1) is 29.7 Å². The van der Waals surface area contributed by atoms with Gasteiger partial charge in [-0.15, -0.1) is 0 Å². The molecule has 2 aliphatic heterocycles. The van der Waals surface area contributed by atoms with E-state index in [0.717, 1.165) is 24.0 Å². The zero-order chi connectivity index (χ0) is 37.4. The third-order valence-corrected chi connectivity index (χ3v) is 10.2. The SMILES string of the molecule is CCO[C@@H]1Cc2ccccc2[C@@H]1NC(=O)[C@H]1C[C@@H](C(=O)N(c2ccc3c(c2)N(CCCOC)C(=O)C(C)(C)O3)C2CC2)CN(C(=O)OC(C)(C)C)C1.[HH]. The van der Waals surface area contributed by atoms with Crippen LogP contribution in [0.25, 0.3) is 0 Å². The predicted octanol–water partition coefficient (Wildman–Crippen LogP) is 5.66. The van der Waals surface area contributed by atoms with Crippen molar-refractivity contribution in [1.82, 2.24) is 10.2 Å². The Balaban J connectivity index is 0.00000541. The number of piperidine rings is 1. The highest BCUT2D eigenvalue weighted by atomic mass is 16.6. The maximum atomic E-state index is 14.7. The lowest BCUT2D eigenvalue weighted by Crippen LogP contribution is -2.54. The van der Waals surface area contributed by atoms with Crippen LogP contribution in [-0.4, -0.2) is 92.0 Å². The maximum Gasteiger partial charge on any atom is 0.410 e. The van der Waals surface area contributed by atoms with Crippen LogP contribution in [0.15, 0.2) is 42.5 Å². The van der Waals surface area contributed by atoms with E-state index in [-0.39, 0.29) is 56.8 Å². The van der Waals surface area contributed by atoms with Gasteiger partial charge in [0.1, 0.15) is 11.4 Å². The van der Waals surface area contributed by atoms with Gasteiger partial charge in [0, 0.05) is 59.5 Å². The number of amides is 4. The molecule has 12 heteroatoms. The van der Waals surface area contributed by atoms with Crippen molar-refractivity contribution < 1.29 is 39.6 Å². The van der Waals surface area contributed by atoms with Crippen molar-refractivity contribution in [3.8, 4) is 5.75 Å². The molecule has 2 aromatic carbocycles. The summed E-state index contributed by atoms with van der Waals surface area (Å²) in [5.74, 6) is -1.31. The topological polar surface area (TPSA) is 127 Å². The van der Waals surface area contributed by atoms with Crippen LogP contribution >= 0.6 is 0 Å². The zero-order valence-corrected chi connectivity index (χ0v) is 31.6. The van der Waals surface area contributed by atoms with E-state index >= 15 is 0 Å². The molecule has 4 amide bonds. The fraction of sp³-hybridized carbons (Fsp3) is 0.600. The fourth-order valence-electron chi connectivity index (χ4n) is 7.66. The Kier molecular flexibility index (Phi) is 10.9. The largest absolute Gasteiger partial charge is 0.476 e. The van der Waals surface area contributed by atoms with E-state index in [0.29, 0.717) is 49.7 Å². The van der Waals surface area contributed by atoms with Crippen LogP contribution in [0.4, 0.5) is 16.2 Å². The predicted molar refractivity (Wildman–Crippen MR) is 198 cm³/mol. The molecule has 0 bridgehead atoms. The lowest BCUT2D eigenvalue weighted by atomic mass is 9.87. The highest BCUT2D eigenvalue weighted by Crippen LogP contribution is 2.43. The number of fused-ring (bicyclic) bond motifs is 2. The second-order valence-corrected chi connectivity index (χ2v) is 15.9. The van der Waals surface area contributed by atoms with Crippen molar-refractivity contribution in [2.24, 2.45) is 11.8 Å². The number of anilines is 2.